The van der Waals surface area contributed by atoms with Gasteiger partial charge in [-0.05, 0) is 44.6 Å². The minimum atomic E-state index is -4.61. The second kappa shape index (κ2) is 33.0. The molecule has 1 unspecified atom stereocenters. The van der Waals surface area contributed by atoms with E-state index in [0.29, 0.717) is 23.9 Å². The van der Waals surface area contributed by atoms with Crippen LogP contribution in [0.5, 0.6) is 0 Å². The molecule has 9 nitrogen and oxygen atoms in total. The van der Waals surface area contributed by atoms with Gasteiger partial charge in [-0.25, -0.2) is 0 Å². The van der Waals surface area contributed by atoms with Gasteiger partial charge in [-0.3, -0.25) is 14.2 Å². The van der Waals surface area contributed by atoms with E-state index in [2.05, 4.69) is 25.2 Å². The molecule has 0 saturated heterocycles. The largest absolute Gasteiger partial charge is 0.756 e. The summed E-state index contributed by atoms with van der Waals surface area (Å²) < 4.78 is 23.1. The van der Waals surface area contributed by atoms with Gasteiger partial charge in [-0.1, -0.05) is 141 Å². The number of ketones is 1. The Bertz CT molecular complexity index is 993. The molecular formula is C41H77N2O7P. The van der Waals surface area contributed by atoms with Crippen molar-refractivity contribution >= 4 is 19.5 Å². The van der Waals surface area contributed by atoms with E-state index in [-0.39, 0.29) is 24.7 Å². The van der Waals surface area contributed by atoms with Gasteiger partial charge in [0.1, 0.15) is 13.2 Å². The van der Waals surface area contributed by atoms with Crippen LogP contribution in [-0.2, 0) is 23.2 Å². The van der Waals surface area contributed by atoms with Gasteiger partial charge in [0.15, 0.2) is 5.78 Å². The van der Waals surface area contributed by atoms with Crippen molar-refractivity contribution in [3.63, 3.8) is 0 Å². The molecule has 0 aromatic rings. The molecule has 51 heavy (non-hydrogen) atoms. The highest BCUT2D eigenvalue weighted by atomic mass is 31.2. The maximum Gasteiger partial charge on any atom is 0.268 e. The summed E-state index contributed by atoms with van der Waals surface area (Å²) >= 11 is 0. The number of rotatable bonds is 36. The van der Waals surface area contributed by atoms with Crippen LogP contribution in [0.3, 0.4) is 0 Å². The predicted octanol–water partition coefficient (Wildman–Crippen LogP) is 9.29. The normalized spacial score (nSPS) is 14.8. The van der Waals surface area contributed by atoms with Gasteiger partial charge in [0.05, 0.1) is 39.9 Å². The van der Waals surface area contributed by atoms with Crippen LogP contribution in [0, 0.1) is 0 Å². The molecule has 3 atom stereocenters. The molecule has 0 aliphatic heterocycles. The van der Waals surface area contributed by atoms with Crippen LogP contribution >= 0.6 is 7.82 Å². The first-order valence-electron chi connectivity index (χ1n) is 20.3. The second-order valence-corrected chi connectivity index (χ2v) is 16.4. The number of hydrogen-bond acceptors (Lipinski definition) is 7. The molecule has 0 saturated carbocycles. The van der Waals surface area contributed by atoms with Gasteiger partial charge in [0.2, 0.25) is 5.91 Å². The molecule has 2 N–H and O–H groups in total. The average Bonchev–Trinajstić information content (AvgIpc) is 3.07. The van der Waals surface area contributed by atoms with E-state index in [1.54, 1.807) is 12.2 Å². The molecule has 0 bridgehead atoms. The van der Waals surface area contributed by atoms with Gasteiger partial charge in [-0.15, -0.1) is 0 Å². The van der Waals surface area contributed by atoms with Gasteiger partial charge in [-0.2, -0.15) is 0 Å². The number of aliphatic hydroxyl groups is 1. The molecule has 10 heteroatoms. The number of unbranched alkanes of at least 4 members (excludes halogenated alkanes) is 18. The number of likely N-dealkylation sites (N-methyl/N-ethyl adjacent to an activating group) is 1. The topological polar surface area (TPSA) is 125 Å². The van der Waals surface area contributed by atoms with Gasteiger partial charge in [0, 0.05) is 12.8 Å². The predicted molar refractivity (Wildman–Crippen MR) is 210 cm³/mol. The van der Waals surface area contributed by atoms with Crippen molar-refractivity contribution in [2.24, 2.45) is 0 Å². The third kappa shape index (κ3) is 35.2. The maximum absolute atomic E-state index is 12.8. The number of phosphoric acid groups is 1. The highest BCUT2D eigenvalue weighted by Gasteiger charge is 2.23. The van der Waals surface area contributed by atoms with Gasteiger partial charge >= 0.3 is 0 Å². The Hall–Kier alpha value is -1.61. The van der Waals surface area contributed by atoms with Crippen LogP contribution in [0.4, 0.5) is 0 Å². The number of phosphoric ester groups is 1. The number of allylic oxidation sites excluding steroid dienone is 5. The van der Waals surface area contributed by atoms with E-state index >= 15 is 0 Å². The second-order valence-electron chi connectivity index (χ2n) is 15.0. The van der Waals surface area contributed by atoms with Crippen LogP contribution in [0.2, 0.25) is 0 Å². The number of hydrogen-bond donors (Lipinski definition) is 2. The average molecular weight is 741 g/mol. The van der Waals surface area contributed by atoms with Crippen molar-refractivity contribution in [3.05, 3.63) is 36.5 Å². The molecule has 0 aliphatic carbocycles. The van der Waals surface area contributed by atoms with Crippen LogP contribution in [0.25, 0.3) is 0 Å². The molecule has 0 aliphatic rings. The highest BCUT2D eigenvalue weighted by molar-refractivity contribution is 7.45. The van der Waals surface area contributed by atoms with E-state index in [9.17, 15) is 24.2 Å². The minimum Gasteiger partial charge on any atom is -0.756 e. The quantitative estimate of drug-likeness (QED) is 0.0164. The Labute approximate surface area is 312 Å². The molecule has 0 heterocycles. The van der Waals surface area contributed by atoms with Crippen molar-refractivity contribution in [2.75, 3.05) is 40.9 Å². The lowest BCUT2D eigenvalue weighted by Crippen LogP contribution is -2.45. The van der Waals surface area contributed by atoms with Crippen molar-refractivity contribution in [1.29, 1.82) is 0 Å². The fourth-order valence-electron chi connectivity index (χ4n) is 5.48. The summed E-state index contributed by atoms with van der Waals surface area (Å²) in [4.78, 5) is 37.2. The zero-order valence-electron chi connectivity index (χ0n) is 33.3. The van der Waals surface area contributed by atoms with Gasteiger partial charge in [0.25, 0.3) is 7.82 Å². The first kappa shape index (κ1) is 49.4. The highest BCUT2D eigenvalue weighted by Crippen LogP contribution is 2.38. The zero-order chi connectivity index (χ0) is 38.1. The van der Waals surface area contributed by atoms with E-state index in [1.165, 1.54) is 77.0 Å². The number of amides is 1. The number of carbonyl (C=O) groups is 2. The molecule has 0 aromatic heterocycles. The first-order chi connectivity index (χ1) is 24.4. The van der Waals surface area contributed by atoms with Crippen LogP contribution < -0.4 is 10.2 Å². The van der Waals surface area contributed by atoms with Crippen molar-refractivity contribution in [2.45, 2.75) is 174 Å². The van der Waals surface area contributed by atoms with Crippen LogP contribution in [0.1, 0.15) is 162 Å². The molecule has 0 aromatic carbocycles. The number of carbonyl (C=O) groups excluding carboxylic acids is 2. The van der Waals surface area contributed by atoms with E-state index in [4.69, 9.17) is 9.05 Å². The smallest absolute Gasteiger partial charge is 0.268 e. The molecular weight excluding hydrogens is 663 g/mol. The van der Waals surface area contributed by atoms with E-state index < -0.39 is 26.6 Å². The number of quaternary nitrogens is 1. The lowest BCUT2D eigenvalue weighted by molar-refractivity contribution is -0.870. The number of aliphatic hydroxyl groups excluding tert-OH is 1. The summed E-state index contributed by atoms with van der Waals surface area (Å²) in [5.41, 5.74) is 0. The monoisotopic (exact) mass is 741 g/mol. The molecule has 0 radical (unpaired) electrons. The van der Waals surface area contributed by atoms with Crippen molar-refractivity contribution in [1.82, 2.24) is 5.32 Å². The van der Waals surface area contributed by atoms with E-state index in [1.807, 2.05) is 39.4 Å². The summed E-state index contributed by atoms with van der Waals surface area (Å²) in [5, 5.41) is 13.7. The molecule has 0 spiro atoms. The summed E-state index contributed by atoms with van der Waals surface area (Å²) in [6.07, 6.45) is 34.3. The summed E-state index contributed by atoms with van der Waals surface area (Å²) in [5.74, 6) is -0.134. The molecule has 0 rings (SSSR count). The minimum absolute atomic E-state index is 0.0237. The van der Waals surface area contributed by atoms with Crippen LogP contribution in [0.15, 0.2) is 36.5 Å². The first-order valence-corrected chi connectivity index (χ1v) is 21.8. The lowest BCUT2D eigenvalue weighted by Gasteiger charge is -2.29. The Balaban J connectivity index is 4.60. The summed E-state index contributed by atoms with van der Waals surface area (Å²) in [7, 11) is 1.18. The third-order valence-electron chi connectivity index (χ3n) is 8.82. The maximum atomic E-state index is 12.8. The number of nitrogens with one attached hydrogen (secondary N) is 1. The Morgan fingerprint density at radius 1 is 0.725 bits per heavy atom. The lowest BCUT2D eigenvalue weighted by atomic mass is 10.0. The Kier molecular flexibility index (Phi) is 32.0. The molecule has 298 valence electrons. The standard InChI is InChI=1S/C41H77N2O7P/c1-6-8-10-12-14-15-16-17-18-19-21-25-29-33-40(45)39(37-50-51(47,48)49-36-35-43(3,4)5)42-41(46)34-30-26-22-24-28-32-38(44)31-27-23-20-13-11-9-7-2/h20,23,27,29,31,33,39-40,45H,6-19,21-22,24-26,28,30,32,34-37H2,1-5H3,(H-,42,46,47,48)/b23-20-,31-27+,33-29+/t39-,40+/m0/s1. The zero-order valence-corrected chi connectivity index (χ0v) is 34.2. The Morgan fingerprint density at radius 3 is 1.84 bits per heavy atom. The number of nitrogens with zero attached hydrogens (tertiary/aromatic N) is 1. The van der Waals surface area contributed by atoms with Crippen molar-refractivity contribution < 1.29 is 37.7 Å². The molecule has 1 amide bonds. The van der Waals surface area contributed by atoms with E-state index in [0.717, 1.165) is 51.4 Å². The van der Waals surface area contributed by atoms with Gasteiger partial charge < -0.3 is 28.8 Å². The Morgan fingerprint density at radius 2 is 1.24 bits per heavy atom. The molecule has 0 fully saturated rings. The van der Waals surface area contributed by atoms with Crippen LogP contribution in [-0.4, -0.2) is 74.3 Å². The SMILES string of the molecule is CCCCC/C=C\C=C\C(=O)CCCCCCCC(=O)N[C@@H](COP(=O)([O-])OCC[N+](C)(C)C)[C@H](O)/C=C/CCCCCCCCCCCCC. The summed E-state index contributed by atoms with van der Waals surface area (Å²) in [6.45, 7) is 4.46. The third-order valence-corrected chi connectivity index (χ3v) is 9.78. The fourth-order valence-corrected chi connectivity index (χ4v) is 6.21. The summed E-state index contributed by atoms with van der Waals surface area (Å²) in [6, 6.07) is -0.930. The fraction of sp³-hybridized carbons (Fsp3) is 0.805. The van der Waals surface area contributed by atoms with Crippen molar-refractivity contribution in [3.8, 4) is 0 Å².